The molecule has 0 N–H and O–H groups in total. The summed E-state index contributed by atoms with van der Waals surface area (Å²) in [6.45, 7) is 1.70. The van der Waals surface area contributed by atoms with Gasteiger partial charge in [0, 0.05) is 17.3 Å². The summed E-state index contributed by atoms with van der Waals surface area (Å²) in [5, 5.41) is 4.64. The van der Waals surface area contributed by atoms with Crippen LogP contribution in [0.5, 0.6) is 0 Å². The van der Waals surface area contributed by atoms with Crippen molar-refractivity contribution in [1.29, 1.82) is 0 Å². The summed E-state index contributed by atoms with van der Waals surface area (Å²) in [5.41, 5.74) is 3.13. The summed E-state index contributed by atoms with van der Waals surface area (Å²) in [5.74, 6) is 0.423. The third-order valence-electron chi connectivity index (χ3n) is 4.08. The van der Waals surface area contributed by atoms with Gasteiger partial charge in [0.2, 0.25) is 5.12 Å². The highest BCUT2D eigenvalue weighted by atomic mass is 35.5. The smallest absolute Gasteiger partial charge is 0.232 e. The Balaban J connectivity index is 1.66. The van der Waals surface area contributed by atoms with E-state index in [0.717, 1.165) is 23.0 Å². The number of aryl methyl sites for hydroxylation is 1. The molecule has 0 aliphatic rings. The zero-order valence-electron chi connectivity index (χ0n) is 14.8. The SMILES string of the molecule is Cc1onc(-c2ccccc2Cl)c1C(=O)Sc1nccc(-c2ccccc2)n1. The second-order valence-electron chi connectivity index (χ2n) is 5.92. The number of halogens is 1. The fourth-order valence-corrected chi connectivity index (χ4v) is 3.73. The van der Waals surface area contributed by atoms with Gasteiger partial charge in [-0.2, -0.15) is 0 Å². The molecular formula is C21H14ClN3O2S. The van der Waals surface area contributed by atoms with Crippen LogP contribution >= 0.6 is 23.4 Å². The first-order chi connectivity index (χ1) is 13.6. The Hall–Kier alpha value is -2.96. The van der Waals surface area contributed by atoms with E-state index >= 15 is 0 Å². The number of aromatic nitrogens is 3. The lowest BCUT2D eigenvalue weighted by molar-refractivity contribution is 0.108. The molecule has 2 heterocycles. The van der Waals surface area contributed by atoms with Gasteiger partial charge < -0.3 is 4.52 Å². The van der Waals surface area contributed by atoms with E-state index in [1.807, 2.05) is 48.5 Å². The van der Waals surface area contributed by atoms with Crippen LogP contribution in [0.2, 0.25) is 5.02 Å². The maximum atomic E-state index is 13.0. The van der Waals surface area contributed by atoms with Crippen molar-refractivity contribution in [3.8, 4) is 22.5 Å². The molecule has 0 saturated carbocycles. The van der Waals surface area contributed by atoms with Crippen LogP contribution < -0.4 is 0 Å². The Morgan fingerprint density at radius 2 is 1.79 bits per heavy atom. The molecule has 0 aliphatic carbocycles. The Morgan fingerprint density at radius 3 is 2.57 bits per heavy atom. The van der Waals surface area contributed by atoms with Gasteiger partial charge in [0.05, 0.1) is 16.3 Å². The van der Waals surface area contributed by atoms with E-state index in [1.165, 1.54) is 0 Å². The van der Waals surface area contributed by atoms with Crippen molar-refractivity contribution in [1.82, 2.24) is 15.1 Å². The van der Waals surface area contributed by atoms with Gasteiger partial charge in [-0.1, -0.05) is 65.3 Å². The van der Waals surface area contributed by atoms with Crippen LogP contribution in [0, 0.1) is 6.92 Å². The number of carbonyl (C=O) groups excluding carboxylic acids is 1. The lowest BCUT2D eigenvalue weighted by Crippen LogP contribution is -2.00. The Kier molecular flexibility index (Phi) is 5.23. The van der Waals surface area contributed by atoms with E-state index in [2.05, 4.69) is 15.1 Å². The second-order valence-corrected chi connectivity index (χ2v) is 7.27. The minimum atomic E-state index is -0.251. The van der Waals surface area contributed by atoms with Crippen molar-refractivity contribution in [2.45, 2.75) is 12.1 Å². The molecule has 2 aromatic carbocycles. The highest BCUT2D eigenvalue weighted by Gasteiger charge is 2.24. The van der Waals surface area contributed by atoms with Crippen LogP contribution in [-0.4, -0.2) is 20.2 Å². The maximum absolute atomic E-state index is 13.0. The van der Waals surface area contributed by atoms with Crippen LogP contribution in [-0.2, 0) is 0 Å². The van der Waals surface area contributed by atoms with Crippen LogP contribution in [0.3, 0.4) is 0 Å². The highest BCUT2D eigenvalue weighted by molar-refractivity contribution is 8.14. The highest BCUT2D eigenvalue weighted by Crippen LogP contribution is 2.34. The molecule has 4 rings (SSSR count). The Morgan fingerprint density at radius 1 is 1.04 bits per heavy atom. The van der Waals surface area contributed by atoms with Gasteiger partial charge >= 0.3 is 0 Å². The molecule has 0 saturated heterocycles. The van der Waals surface area contributed by atoms with E-state index in [1.54, 1.807) is 25.3 Å². The van der Waals surface area contributed by atoms with Gasteiger partial charge in [0.15, 0.2) is 5.16 Å². The molecule has 4 aromatic rings. The standard InChI is InChI=1S/C21H14ClN3O2S/c1-13-18(19(25-27-13)15-9-5-6-10-16(15)22)20(26)28-21-23-12-11-17(24-21)14-7-3-2-4-8-14/h2-12H,1H3. The fraction of sp³-hybridized carbons (Fsp3) is 0.0476. The molecule has 0 spiro atoms. The quantitative estimate of drug-likeness (QED) is 0.319. The number of hydrogen-bond acceptors (Lipinski definition) is 6. The summed E-state index contributed by atoms with van der Waals surface area (Å²) < 4.78 is 5.27. The molecule has 0 atom stereocenters. The number of rotatable bonds is 4. The molecule has 5 nitrogen and oxygen atoms in total. The number of hydrogen-bond donors (Lipinski definition) is 0. The summed E-state index contributed by atoms with van der Waals surface area (Å²) in [6, 6.07) is 18.7. The van der Waals surface area contributed by atoms with E-state index in [4.69, 9.17) is 16.1 Å². The topological polar surface area (TPSA) is 68.9 Å². The fourth-order valence-electron chi connectivity index (χ4n) is 2.74. The molecule has 0 bridgehead atoms. The molecule has 138 valence electrons. The van der Waals surface area contributed by atoms with E-state index < -0.39 is 0 Å². The summed E-state index contributed by atoms with van der Waals surface area (Å²) in [6.07, 6.45) is 1.64. The molecular weight excluding hydrogens is 394 g/mol. The lowest BCUT2D eigenvalue weighted by Gasteiger charge is -2.05. The molecule has 0 fully saturated rings. The van der Waals surface area contributed by atoms with Gasteiger partial charge in [-0.15, -0.1) is 0 Å². The van der Waals surface area contributed by atoms with Gasteiger partial charge in [-0.25, -0.2) is 9.97 Å². The minimum absolute atomic E-state index is 0.251. The first-order valence-electron chi connectivity index (χ1n) is 8.45. The lowest BCUT2D eigenvalue weighted by atomic mass is 10.1. The molecule has 28 heavy (non-hydrogen) atoms. The van der Waals surface area contributed by atoms with Crippen molar-refractivity contribution in [3.63, 3.8) is 0 Å². The summed E-state index contributed by atoms with van der Waals surface area (Å²) >= 11 is 7.20. The van der Waals surface area contributed by atoms with Crippen LogP contribution in [0.1, 0.15) is 16.1 Å². The normalized spacial score (nSPS) is 10.8. The van der Waals surface area contributed by atoms with Gasteiger partial charge in [-0.05, 0) is 30.8 Å². The number of carbonyl (C=O) groups is 1. The third kappa shape index (κ3) is 3.69. The van der Waals surface area contributed by atoms with Crippen LogP contribution in [0.25, 0.3) is 22.5 Å². The molecule has 2 aromatic heterocycles. The van der Waals surface area contributed by atoms with Crippen LogP contribution in [0.15, 0.2) is 76.5 Å². The van der Waals surface area contributed by atoms with Crippen LogP contribution in [0.4, 0.5) is 0 Å². The molecule has 0 radical (unpaired) electrons. The van der Waals surface area contributed by atoms with E-state index in [9.17, 15) is 4.79 Å². The number of nitrogens with zero attached hydrogens (tertiary/aromatic N) is 3. The predicted octanol–water partition coefficient (Wildman–Crippen LogP) is 5.69. The van der Waals surface area contributed by atoms with Crippen molar-refractivity contribution in [2.24, 2.45) is 0 Å². The minimum Gasteiger partial charge on any atom is -0.360 e. The average molecular weight is 408 g/mol. The van der Waals surface area contributed by atoms with Gasteiger partial charge in [-0.3, -0.25) is 4.79 Å². The summed E-state index contributed by atoms with van der Waals surface area (Å²) in [7, 11) is 0. The van der Waals surface area contributed by atoms with Crippen molar-refractivity contribution in [2.75, 3.05) is 0 Å². The maximum Gasteiger partial charge on any atom is 0.232 e. The van der Waals surface area contributed by atoms with Crippen molar-refractivity contribution in [3.05, 3.63) is 83.2 Å². The molecule has 7 heteroatoms. The zero-order chi connectivity index (χ0) is 19.5. The molecule has 0 aliphatic heterocycles. The van der Waals surface area contributed by atoms with Gasteiger partial charge in [0.25, 0.3) is 0 Å². The van der Waals surface area contributed by atoms with Gasteiger partial charge in [0.1, 0.15) is 11.5 Å². The monoisotopic (exact) mass is 407 g/mol. The second kappa shape index (κ2) is 7.96. The van der Waals surface area contributed by atoms with E-state index in [0.29, 0.717) is 32.8 Å². The molecule has 0 amide bonds. The third-order valence-corrected chi connectivity index (χ3v) is 5.18. The predicted molar refractivity (Wildman–Crippen MR) is 109 cm³/mol. The zero-order valence-corrected chi connectivity index (χ0v) is 16.4. The average Bonchev–Trinajstić information content (AvgIpc) is 3.10. The first-order valence-corrected chi connectivity index (χ1v) is 9.65. The first kappa shape index (κ1) is 18.4. The Bertz CT molecular complexity index is 1150. The van der Waals surface area contributed by atoms with Crippen molar-refractivity contribution < 1.29 is 9.32 Å². The number of benzene rings is 2. The van der Waals surface area contributed by atoms with E-state index in [-0.39, 0.29) is 5.12 Å². The number of thioether (sulfide) groups is 1. The summed E-state index contributed by atoms with van der Waals surface area (Å²) in [4.78, 5) is 21.7. The molecule has 0 unspecified atom stereocenters. The van der Waals surface area contributed by atoms with Crippen molar-refractivity contribution >= 4 is 28.5 Å². The Labute approximate surface area is 170 Å². The largest absolute Gasteiger partial charge is 0.360 e.